The van der Waals surface area contributed by atoms with Crippen LogP contribution in [0, 0.1) is 23.7 Å². The van der Waals surface area contributed by atoms with E-state index in [0.29, 0.717) is 5.92 Å². The minimum atomic E-state index is -1.10. The molecule has 2 unspecified atom stereocenters. The van der Waals surface area contributed by atoms with Crippen molar-refractivity contribution in [2.75, 3.05) is 0 Å². The van der Waals surface area contributed by atoms with Gasteiger partial charge >= 0.3 is 93.6 Å². The summed E-state index contributed by atoms with van der Waals surface area (Å²) in [6.45, 7) is 1.52. The number of hydrogen-bond donors (Lipinski definition) is 0. The molecule has 0 aliphatic heterocycles. The molecule has 0 aromatic rings. The molecule has 0 amide bonds. The third-order valence-corrected chi connectivity index (χ3v) is 13.1. The molecule has 0 N–H and O–H groups in total. The van der Waals surface area contributed by atoms with E-state index >= 15 is 0 Å². The van der Waals surface area contributed by atoms with E-state index in [2.05, 4.69) is 0 Å². The van der Waals surface area contributed by atoms with Gasteiger partial charge in [0.05, 0.1) is 0 Å². The van der Waals surface area contributed by atoms with Crippen molar-refractivity contribution in [3.05, 3.63) is 0 Å². The molecule has 4 bridgehead atoms. The molecule has 0 heterocycles. The first kappa shape index (κ1) is 8.96. The monoisotopic (exact) mass is 388 g/mol. The van der Waals surface area contributed by atoms with Crippen LogP contribution in [-0.4, -0.2) is 12.1 Å². The zero-order valence-electron chi connectivity index (χ0n) is 7.57. The fraction of sp³-hybridized carbons (Fsp3) is 0.889. The second kappa shape index (κ2) is 2.85. The summed E-state index contributed by atoms with van der Waals surface area (Å²) in [6.07, 6.45) is 1.58. The van der Waals surface area contributed by atoms with Crippen molar-refractivity contribution in [2.24, 2.45) is 23.7 Å². The molecule has 4 saturated carbocycles. The Balaban J connectivity index is 1.78. The quantitative estimate of drug-likeness (QED) is 0.534. The molecule has 4 fully saturated rings. The van der Waals surface area contributed by atoms with Gasteiger partial charge in [-0.05, 0) is 0 Å². The van der Waals surface area contributed by atoms with E-state index < -0.39 is 23.3 Å². The molecule has 0 aromatic carbocycles. The molecule has 13 heavy (non-hydrogen) atoms. The number of carbonyl (C=O) groups is 1. The summed E-state index contributed by atoms with van der Waals surface area (Å²) in [7, 11) is 6.13. The SMILES string of the molecule is CC(=O)O[C@@H]1C2C3[C@H]2C[C@H]1[C@H]3[Hg][Cl]. The van der Waals surface area contributed by atoms with E-state index in [-0.39, 0.29) is 12.1 Å². The van der Waals surface area contributed by atoms with Crippen molar-refractivity contribution in [1.29, 1.82) is 0 Å². The van der Waals surface area contributed by atoms with Crippen LogP contribution in [0.5, 0.6) is 0 Å². The Hall–Kier alpha value is 0.695. The van der Waals surface area contributed by atoms with Crippen LogP contribution in [0.15, 0.2) is 0 Å². The zero-order valence-corrected chi connectivity index (χ0v) is 13.8. The van der Waals surface area contributed by atoms with Crippen LogP contribution >= 0.6 is 8.25 Å². The predicted molar refractivity (Wildman–Crippen MR) is 43.7 cm³/mol. The number of ether oxygens (including phenoxy) is 1. The standard InChI is InChI=1S/C9H11O2.ClH.Hg/c1-4(10)11-9-5-2-6-7(3-5)8(6)9;;/h2,5-9H,3H2,1H3;1H;/q;;+1/p-1/t5-,6?,7-,8?,9+;;/m1../s1. The van der Waals surface area contributed by atoms with Crippen LogP contribution in [0.25, 0.3) is 0 Å². The Bertz CT molecular complexity index is 270. The van der Waals surface area contributed by atoms with Gasteiger partial charge < -0.3 is 0 Å². The van der Waals surface area contributed by atoms with Gasteiger partial charge in [0.2, 0.25) is 0 Å². The van der Waals surface area contributed by atoms with Crippen molar-refractivity contribution in [3.63, 3.8) is 0 Å². The third kappa shape index (κ3) is 1.08. The van der Waals surface area contributed by atoms with Gasteiger partial charge in [-0.15, -0.1) is 0 Å². The van der Waals surface area contributed by atoms with E-state index in [4.69, 9.17) is 13.0 Å². The second-order valence-electron chi connectivity index (χ2n) is 4.61. The first-order valence-electron chi connectivity index (χ1n) is 4.97. The number of carbonyl (C=O) groups excluding carboxylic acids is 1. The Morgan fingerprint density at radius 3 is 2.69 bits per heavy atom. The molecule has 0 radical (unpaired) electrons. The summed E-state index contributed by atoms with van der Waals surface area (Å²) in [4.78, 5) is 10.9. The fourth-order valence-electron chi connectivity index (χ4n) is 3.82. The summed E-state index contributed by atoms with van der Waals surface area (Å²) in [6, 6.07) is 0. The van der Waals surface area contributed by atoms with Crippen LogP contribution < -0.4 is 0 Å². The molecule has 6 atom stereocenters. The topological polar surface area (TPSA) is 26.3 Å². The van der Waals surface area contributed by atoms with Gasteiger partial charge in [0, 0.05) is 0 Å². The van der Waals surface area contributed by atoms with Gasteiger partial charge in [-0.25, -0.2) is 0 Å². The molecule has 4 heteroatoms. The van der Waals surface area contributed by atoms with E-state index in [1.807, 2.05) is 0 Å². The minimum absolute atomic E-state index is 0.104. The average Bonchev–Trinajstić information content (AvgIpc) is 2.42. The Morgan fingerprint density at radius 2 is 2.23 bits per heavy atom. The maximum atomic E-state index is 10.9. The Kier molecular flexibility index (Phi) is 1.96. The van der Waals surface area contributed by atoms with Crippen molar-refractivity contribution < 1.29 is 32.9 Å². The summed E-state index contributed by atoms with van der Waals surface area (Å²) in [5, 5.41) is 0. The van der Waals surface area contributed by atoms with Gasteiger partial charge in [0.15, 0.2) is 0 Å². The number of esters is 1. The van der Waals surface area contributed by atoms with Crippen molar-refractivity contribution >= 4 is 14.2 Å². The molecule has 0 spiro atoms. The maximum absolute atomic E-state index is 10.9. The molecule has 68 valence electrons. The first-order valence-corrected chi connectivity index (χ1v) is 14.9. The normalized spacial score (nSPS) is 54.6. The van der Waals surface area contributed by atoms with Gasteiger partial charge in [-0.2, -0.15) is 0 Å². The van der Waals surface area contributed by atoms with E-state index in [0.717, 1.165) is 21.2 Å². The molecule has 4 aliphatic carbocycles. The number of hydrogen-bond acceptors (Lipinski definition) is 2. The zero-order chi connectivity index (χ0) is 9.16. The average molecular weight is 387 g/mol. The molecule has 0 aromatic heterocycles. The fourth-order valence-corrected chi connectivity index (χ4v) is 13.7. The van der Waals surface area contributed by atoms with Crippen LogP contribution in [0.1, 0.15) is 13.3 Å². The summed E-state index contributed by atoms with van der Waals surface area (Å²) >= 11 is -1.10. The third-order valence-electron chi connectivity index (χ3n) is 4.16. The molecule has 0 saturated heterocycles. The summed E-state index contributed by atoms with van der Waals surface area (Å²) in [5.41, 5.74) is 0. The van der Waals surface area contributed by atoms with Gasteiger partial charge in [-0.3, -0.25) is 0 Å². The van der Waals surface area contributed by atoms with Crippen LogP contribution in [0.3, 0.4) is 0 Å². The number of halogens is 1. The number of rotatable bonds is 2. The van der Waals surface area contributed by atoms with E-state index in [1.165, 1.54) is 13.3 Å². The Labute approximate surface area is 93.2 Å². The molecule has 2 nitrogen and oxygen atoms in total. The van der Waals surface area contributed by atoms with Crippen molar-refractivity contribution in [3.8, 4) is 0 Å². The Morgan fingerprint density at radius 1 is 1.46 bits per heavy atom. The molecule has 4 rings (SSSR count). The predicted octanol–water partition coefficient (Wildman–Crippen LogP) is 1.84. The molecule has 4 aliphatic rings. The van der Waals surface area contributed by atoms with Gasteiger partial charge in [0.25, 0.3) is 0 Å². The van der Waals surface area contributed by atoms with Gasteiger partial charge in [-0.1, -0.05) is 0 Å². The summed E-state index contributed by atoms with van der Waals surface area (Å²) < 4.78 is 6.25. The molecular weight excluding hydrogens is 376 g/mol. The van der Waals surface area contributed by atoms with Gasteiger partial charge in [0.1, 0.15) is 0 Å². The van der Waals surface area contributed by atoms with Crippen LogP contribution in [-0.2, 0) is 32.9 Å². The van der Waals surface area contributed by atoms with Crippen LogP contribution in [0.4, 0.5) is 0 Å². The summed E-state index contributed by atoms with van der Waals surface area (Å²) in [5.74, 6) is 3.11. The van der Waals surface area contributed by atoms with Crippen molar-refractivity contribution in [1.82, 2.24) is 0 Å². The second-order valence-corrected chi connectivity index (χ2v) is 12.2. The molecular formula is C9H11ClHgO2. The van der Waals surface area contributed by atoms with E-state index in [9.17, 15) is 4.79 Å². The van der Waals surface area contributed by atoms with E-state index in [1.54, 1.807) is 0 Å². The van der Waals surface area contributed by atoms with Crippen LogP contribution in [0.2, 0.25) is 3.43 Å². The van der Waals surface area contributed by atoms with Crippen molar-refractivity contribution in [2.45, 2.75) is 22.9 Å². The first-order chi connectivity index (χ1) is 6.24.